The lowest BCUT2D eigenvalue weighted by Gasteiger charge is -1.99. The molecular formula is C11H9N5O3. The van der Waals surface area contributed by atoms with E-state index in [9.17, 15) is 9.59 Å². The Morgan fingerprint density at radius 1 is 1.53 bits per heavy atom. The van der Waals surface area contributed by atoms with Crippen molar-refractivity contribution in [1.29, 1.82) is 0 Å². The second-order valence-electron chi connectivity index (χ2n) is 3.75. The number of aromatic nitrogens is 5. The summed E-state index contributed by atoms with van der Waals surface area (Å²) in [6.45, 7) is 1.91. The third-order valence-electron chi connectivity index (χ3n) is 2.63. The number of rotatable bonds is 2. The third-order valence-corrected chi connectivity index (χ3v) is 2.63. The van der Waals surface area contributed by atoms with E-state index in [0.717, 1.165) is 0 Å². The number of H-pyrrole nitrogens is 1. The molecule has 8 nitrogen and oxygen atoms in total. The van der Waals surface area contributed by atoms with Crippen molar-refractivity contribution in [2.75, 3.05) is 6.61 Å². The topological polar surface area (TPSA) is 102 Å². The number of nitrogens with zero attached hydrogens (tertiary/aromatic N) is 4. The predicted molar refractivity (Wildman–Crippen MR) is 64.9 cm³/mol. The Bertz CT molecular complexity index is 835. The zero-order valence-corrected chi connectivity index (χ0v) is 9.95. The highest BCUT2D eigenvalue weighted by Crippen LogP contribution is 2.11. The molecule has 0 amide bonds. The first kappa shape index (κ1) is 11.3. The van der Waals surface area contributed by atoms with E-state index in [4.69, 9.17) is 4.74 Å². The molecule has 0 spiro atoms. The van der Waals surface area contributed by atoms with Gasteiger partial charge in [0, 0.05) is 6.20 Å². The summed E-state index contributed by atoms with van der Waals surface area (Å²) in [7, 11) is 0. The predicted octanol–water partition coefficient (Wildman–Crippen LogP) is 0.142. The highest BCUT2D eigenvalue weighted by molar-refractivity contribution is 5.94. The molecule has 0 aliphatic carbocycles. The van der Waals surface area contributed by atoms with Crippen LogP contribution in [0.4, 0.5) is 0 Å². The third kappa shape index (κ3) is 1.65. The first-order valence-electron chi connectivity index (χ1n) is 5.60. The molecule has 0 atom stereocenters. The average molecular weight is 259 g/mol. The van der Waals surface area contributed by atoms with Crippen LogP contribution in [0.25, 0.3) is 16.6 Å². The number of fused-ring (bicyclic) bond motifs is 3. The molecule has 3 heterocycles. The fraction of sp³-hybridized carbons (Fsp3) is 0.182. The lowest BCUT2D eigenvalue weighted by atomic mass is 10.3. The van der Waals surface area contributed by atoms with Gasteiger partial charge in [0.15, 0.2) is 5.65 Å². The van der Waals surface area contributed by atoms with Crippen LogP contribution in [0, 0.1) is 0 Å². The van der Waals surface area contributed by atoms with E-state index < -0.39 is 11.5 Å². The summed E-state index contributed by atoms with van der Waals surface area (Å²) in [6.07, 6.45) is 3.00. The summed E-state index contributed by atoms with van der Waals surface area (Å²) < 4.78 is 6.28. The molecule has 0 bridgehead atoms. The minimum atomic E-state index is -0.628. The maximum absolute atomic E-state index is 11.9. The number of carbonyl (C=O) groups excluding carboxylic acids is 1. The molecule has 0 saturated carbocycles. The van der Waals surface area contributed by atoms with Crippen molar-refractivity contribution in [1.82, 2.24) is 24.8 Å². The Balaban J connectivity index is 2.36. The van der Waals surface area contributed by atoms with Gasteiger partial charge in [0.05, 0.1) is 23.7 Å². The molecule has 1 N–H and O–H groups in total. The van der Waals surface area contributed by atoms with Gasteiger partial charge < -0.3 is 4.74 Å². The molecule has 0 fully saturated rings. The van der Waals surface area contributed by atoms with Crippen LogP contribution in [0.3, 0.4) is 0 Å². The first-order chi connectivity index (χ1) is 9.22. The van der Waals surface area contributed by atoms with Gasteiger partial charge >= 0.3 is 5.97 Å². The highest BCUT2D eigenvalue weighted by Gasteiger charge is 2.18. The van der Waals surface area contributed by atoms with Crippen molar-refractivity contribution in [2.45, 2.75) is 6.92 Å². The number of hydrogen-bond acceptors (Lipinski definition) is 6. The lowest BCUT2D eigenvalue weighted by Crippen LogP contribution is -2.13. The van der Waals surface area contributed by atoms with Crippen LogP contribution in [0.15, 0.2) is 23.3 Å². The fourth-order valence-corrected chi connectivity index (χ4v) is 1.81. The van der Waals surface area contributed by atoms with Crippen LogP contribution < -0.4 is 5.56 Å². The number of aromatic amines is 1. The number of nitrogens with one attached hydrogen (secondary N) is 1. The van der Waals surface area contributed by atoms with Gasteiger partial charge in [-0.25, -0.2) is 14.5 Å². The van der Waals surface area contributed by atoms with Crippen molar-refractivity contribution in [2.24, 2.45) is 0 Å². The molecule has 0 aliphatic heterocycles. The molecule has 96 valence electrons. The van der Waals surface area contributed by atoms with Crippen molar-refractivity contribution in [3.63, 3.8) is 0 Å². The van der Waals surface area contributed by atoms with Crippen LogP contribution in [0.5, 0.6) is 0 Å². The van der Waals surface area contributed by atoms with Crippen molar-refractivity contribution >= 4 is 22.5 Å². The van der Waals surface area contributed by atoms with Gasteiger partial charge in [-0.1, -0.05) is 0 Å². The first-order valence-corrected chi connectivity index (χ1v) is 5.60. The normalized spacial score (nSPS) is 11.0. The fourth-order valence-electron chi connectivity index (χ4n) is 1.81. The molecule has 3 aromatic rings. The summed E-state index contributed by atoms with van der Waals surface area (Å²) in [5.41, 5.74) is 0.165. The SMILES string of the molecule is CCOC(=O)c1n[nH]n2c1nc(=O)c1ccncc12. The molecule has 0 unspecified atom stereocenters. The summed E-state index contributed by atoms with van der Waals surface area (Å²) in [5, 5.41) is 6.86. The maximum atomic E-state index is 11.9. The average Bonchev–Trinajstić information content (AvgIpc) is 2.83. The maximum Gasteiger partial charge on any atom is 0.362 e. The van der Waals surface area contributed by atoms with Crippen LogP contribution >= 0.6 is 0 Å². The van der Waals surface area contributed by atoms with Gasteiger partial charge in [-0.05, 0) is 13.0 Å². The summed E-state index contributed by atoms with van der Waals surface area (Å²) in [6, 6.07) is 1.56. The minimum Gasteiger partial charge on any atom is -0.461 e. The molecule has 0 aliphatic rings. The Labute approximate surface area is 106 Å². The molecule has 19 heavy (non-hydrogen) atoms. The molecule has 3 aromatic heterocycles. The van der Waals surface area contributed by atoms with E-state index >= 15 is 0 Å². The quantitative estimate of drug-likeness (QED) is 0.657. The smallest absolute Gasteiger partial charge is 0.362 e. The largest absolute Gasteiger partial charge is 0.461 e. The zero-order valence-electron chi connectivity index (χ0n) is 9.95. The van der Waals surface area contributed by atoms with Crippen molar-refractivity contribution in [3.8, 4) is 0 Å². The minimum absolute atomic E-state index is 0.0234. The summed E-state index contributed by atoms with van der Waals surface area (Å²) in [4.78, 5) is 31.4. The molecule has 0 saturated heterocycles. The Morgan fingerprint density at radius 3 is 3.16 bits per heavy atom. The van der Waals surface area contributed by atoms with Gasteiger partial charge in [0.25, 0.3) is 5.56 Å². The van der Waals surface area contributed by atoms with Gasteiger partial charge in [0.2, 0.25) is 5.69 Å². The van der Waals surface area contributed by atoms with Gasteiger partial charge in [-0.2, -0.15) is 4.98 Å². The Hall–Kier alpha value is -2.77. The van der Waals surface area contributed by atoms with Crippen molar-refractivity contribution in [3.05, 3.63) is 34.5 Å². The number of ether oxygens (including phenoxy) is 1. The standard InChI is InChI=1S/C11H9N5O3/c1-2-19-11(18)8-9-13-10(17)6-3-4-12-5-7(6)16(9)15-14-8/h3-5,15H,2H2,1H3. The highest BCUT2D eigenvalue weighted by atomic mass is 16.5. The second kappa shape index (κ2) is 4.16. The van der Waals surface area contributed by atoms with E-state index in [1.807, 2.05) is 0 Å². The molecular weight excluding hydrogens is 250 g/mol. The molecule has 3 rings (SSSR count). The number of carbonyl (C=O) groups is 1. The van der Waals surface area contributed by atoms with E-state index in [2.05, 4.69) is 20.3 Å². The Kier molecular flexibility index (Phi) is 2.48. The molecule has 0 radical (unpaired) electrons. The molecule has 0 aromatic carbocycles. The molecule has 8 heteroatoms. The summed E-state index contributed by atoms with van der Waals surface area (Å²) in [5.74, 6) is -0.628. The van der Waals surface area contributed by atoms with E-state index in [1.165, 1.54) is 16.9 Å². The Morgan fingerprint density at radius 2 is 2.37 bits per heavy atom. The van der Waals surface area contributed by atoms with Crippen LogP contribution in [0.1, 0.15) is 17.4 Å². The zero-order chi connectivity index (χ0) is 13.4. The van der Waals surface area contributed by atoms with Crippen molar-refractivity contribution < 1.29 is 9.53 Å². The van der Waals surface area contributed by atoms with Gasteiger partial charge in [-0.3, -0.25) is 9.78 Å². The van der Waals surface area contributed by atoms with Crippen LogP contribution in [0.2, 0.25) is 0 Å². The summed E-state index contributed by atoms with van der Waals surface area (Å²) >= 11 is 0. The van der Waals surface area contributed by atoms with E-state index in [-0.39, 0.29) is 17.9 Å². The monoisotopic (exact) mass is 259 g/mol. The lowest BCUT2D eigenvalue weighted by molar-refractivity contribution is 0.0521. The van der Waals surface area contributed by atoms with E-state index in [0.29, 0.717) is 10.9 Å². The number of hydrogen-bond donors (Lipinski definition) is 1. The van der Waals surface area contributed by atoms with Gasteiger partial charge in [-0.15, -0.1) is 5.10 Å². The number of pyridine rings is 1. The van der Waals surface area contributed by atoms with Crippen LogP contribution in [-0.4, -0.2) is 37.4 Å². The van der Waals surface area contributed by atoms with Crippen LogP contribution in [-0.2, 0) is 4.74 Å². The van der Waals surface area contributed by atoms with Gasteiger partial charge in [0.1, 0.15) is 0 Å². The number of esters is 1. The second-order valence-corrected chi connectivity index (χ2v) is 3.75. The van der Waals surface area contributed by atoms with E-state index in [1.54, 1.807) is 13.0 Å².